The highest BCUT2D eigenvalue weighted by atomic mass is 16.5. The van der Waals surface area contributed by atoms with Gasteiger partial charge in [0.15, 0.2) is 12.4 Å². The number of anilines is 2. The molecular formula is C17H15N3O3. The lowest BCUT2D eigenvalue weighted by Gasteiger charge is -2.09. The van der Waals surface area contributed by atoms with E-state index >= 15 is 0 Å². The summed E-state index contributed by atoms with van der Waals surface area (Å²) in [5.74, 6) is 0.525. The molecule has 2 N–H and O–H groups in total. The SMILES string of the molecule is CC(=O)c1ccc(NC(=O)Nc2ccc(OCC#N)cc2)cc1. The summed E-state index contributed by atoms with van der Waals surface area (Å²) < 4.78 is 5.12. The van der Waals surface area contributed by atoms with Gasteiger partial charge in [0.2, 0.25) is 0 Å². The van der Waals surface area contributed by atoms with Gasteiger partial charge in [0.1, 0.15) is 11.8 Å². The van der Waals surface area contributed by atoms with Crippen LogP contribution in [0.4, 0.5) is 16.2 Å². The van der Waals surface area contributed by atoms with E-state index in [9.17, 15) is 9.59 Å². The smallest absolute Gasteiger partial charge is 0.323 e. The largest absolute Gasteiger partial charge is 0.479 e. The Morgan fingerprint density at radius 2 is 1.52 bits per heavy atom. The van der Waals surface area contributed by atoms with E-state index < -0.39 is 6.03 Å². The van der Waals surface area contributed by atoms with Crippen molar-refractivity contribution >= 4 is 23.2 Å². The normalized spacial score (nSPS) is 9.57. The third-order valence-corrected chi connectivity index (χ3v) is 2.96. The Morgan fingerprint density at radius 3 is 2.00 bits per heavy atom. The van der Waals surface area contributed by atoms with Crippen LogP contribution in [0.5, 0.6) is 5.75 Å². The van der Waals surface area contributed by atoms with Gasteiger partial charge in [-0.2, -0.15) is 5.26 Å². The average Bonchev–Trinajstić information content (AvgIpc) is 2.54. The molecule has 0 fully saturated rings. The summed E-state index contributed by atoms with van der Waals surface area (Å²) in [6.07, 6.45) is 0. The van der Waals surface area contributed by atoms with Crippen molar-refractivity contribution in [1.82, 2.24) is 0 Å². The predicted octanol–water partition coefficient (Wildman–Crippen LogP) is 3.44. The number of nitriles is 1. The average molecular weight is 309 g/mol. The van der Waals surface area contributed by atoms with Crippen LogP contribution < -0.4 is 15.4 Å². The number of amides is 2. The van der Waals surface area contributed by atoms with Crippen molar-refractivity contribution in [3.8, 4) is 11.8 Å². The molecule has 6 heteroatoms. The summed E-state index contributed by atoms with van der Waals surface area (Å²) in [7, 11) is 0. The monoisotopic (exact) mass is 309 g/mol. The lowest BCUT2D eigenvalue weighted by Crippen LogP contribution is -2.19. The van der Waals surface area contributed by atoms with Gasteiger partial charge in [0, 0.05) is 16.9 Å². The number of ketones is 1. The quantitative estimate of drug-likeness (QED) is 0.828. The molecule has 0 heterocycles. The second kappa shape index (κ2) is 7.61. The van der Waals surface area contributed by atoms with Crippen molar-refractivity contribution in [2.45, 2.75) is 6.92 Å². The predicted molar refractivity (Wildman–Crippen MR) is 86.6 cm³/mol. The minimum Gasteiger partial charge on any atom is -0.479 e. The minimum atomic E-state index is -0.397. The van der Waals surface area contributed by atoms with Gasteiger partial charge in [0.25, 0.3) is 0 Å². The number of ether oxygens (including phenoxy) is 1. The molecule has 0 spiro atoms. The number of Topliss-reactive ketones (excluding diaryl/α,β-unsaturated/α-hetero) is 1. The Labute approximate surface area is 133 Å². The molecule has 2 aromatic carbocycles. The Kier molecular flexibility index (Phi) is 5.31. The second-order valence-electron chi connectivity index (χ2n) is 4.68. The number of nitrogens with zero attached hydrogens (tertiary/aromatic N) is 1. The van der Waals surface area contributed by atoms with E-state index in [0.29, 0.717) is 22.7 Å². The maximum absolute atomic E-state index is 11.9. The van der Waals surface area contributed by atoms with Gasteiger partial charge in [-0.3, -0.25) is 4.79 Å². The minimum absolute atomic E-state index is 0.0243. The van der Waals surface area contributed by atoms with E-state index in [1.165, 1.54) is 6.92 Å². The van der Waals surface area contributed by atoms with Crippen molar-refractivity contribution in [1.29, 1.82) is 5.26 Å². The van der Waals surface area contributed by atoms with Crippen LogP contribution in [-0.4, -0.2) is 18.4 Å². The van der Waals surface area contributed by atoms with Crippen LogP contribution in [0.2, 0.25) is 0 Å². The zero-order chi connectivity index (χ0) is 16.7. The van der Waals surface area contributed by atoms with Crippen LogP contribution in [0.15, 0.2) is 48.5 Å². The fourth-order valence-electron chi connectivity index (χ4n) is 1.83. The number of carbonyl (C=O) groups is 2. The molecule has 0 unspecified atom stereocenters. The van der Waals surface area contributed by atoms with E-state index in [1.54, 1.807) is 48.5 Å². The van der Waals surface area contributed by atoms with Crippen LogP contribution in [0, 0.1) is 11.3 Å². The van der Waals surface area contributed by atoms with Gasteiger partial charge in [-0.05, 0) is 55.5 Å². The third kappa shape index (κ3) is 4.86. The van der Waals surface area contributed by atoms with Crippen molar-refractivity contribution in [2.24, 2.45) is 0 Å². The van der Waals surface area contributed by atoms with Crippen molar-refractivity contribution < 1.29 is 14.3 Å². The number of nitrogens with one attached hydrogen (secondary N) is 2. The first-order valence-corrected chi connectivity index (χ1v) is 6.87. The molecule has 0 radical (unpaired) electrons. The molecule has 0 bridgehead atoms. The highest BCUT2D eigenvalue weighted by Crippen LogP contribution is 2.16. The molecule has 0 atom stereocenters. The first-order chi connectivity index (χ1) is 11.1. The molecule has 116 valence electrons. The number of hydrogen-bond acceptors (Lipinski definition) is 4. The number of hydrogen-bond donors (Lipinski definition) is 2. The van der Waals surface area contributed by atoms with Gasteiger partial charge in [-0.1, -0.05) is 0 Å². The summed E-state index contributed by atoms with van der Waals surface area (Å²) in [5.41, 5.74) is 1.76. The Bertz CT molecular complexity index is 731. The molecular weight excluding hydrogens is 294 g/mol. The highest BCUT2D eigenvalue weighted by Gasteiger charge is 2.04. The lowest BCUT2D eigenvalue weighted by atomic mass is 10.1. The zero-order valence-electron chi connectivity index (χ0n) is 12.5. The number of urea groups is 1. The molecule has 0 aliphatic heterocycles. The molecule has 0 saturated carbocycles. The zero-order valence-corrected chi connectivity index (χ0v) is 12.5. The summed E-state index contributed by atoms with van der Waals surface area (Å²) in [5, 5.41) is 13.8. The molecule has 0 aromatic heterocycles. The van der Waals surface area contributed by atoms with Crippen molar-refractivity contribution in [2.75, 3.05) is 17.2 Å². The van der Waals surface area contributed by atoms with E-state index in [4.69, 9.17) is 10.00 Å². The van der Waals surface area contributed by atoms with Crippen molar-refractivity contribution in [3.05, 3.63) is 54.1 Å². The van der Waals surface area contributed by atoms with Gasteiger partial charge >= 0.3 is 6.03 Å². The van der Waals surface area contributed by atoms with Crippen LogP contribution in [0.25, 0.3) is 0 Å². The molecule has 6 nitrogen and oxygen atoms in total. The number of carbonyl (C=O) groups excluding carboxylic acids is 2. The van der Waals surface area contributed by atoms with Gasteiger partial charge in [-0.25, -0.2) is 4.79 Å². The number of benzene rings is 2. The Hall–Kier alpha value is -3.33. The summed E-state index contributed by atoms with van der Waals surface area (Å²) in [4.78, 5) is 23.1. The molecule has 0 aliphatic rings. The first-order valence-electron chi connectivity index (χ1n) is 6.87. The lowest BCUT2D eigenvalue weighted by molar-refractivity contribution is 0.101. The maximum atomic E-state index is 11.9. The topological polar surface area (TPSA) is 91.2 Å². The third-order valence-electron chi connectivity index (χ3n) is 2.96. The highest BCUT2D eigenvalue weighted by molar-refractivity contribution is 6.00. The molecule has 2 rings (SSSR count). The summed E-state index contributed by atoms with van der Waals surface area (Å²) in [6.45, 7) is 1.46. The van der Waals surface area contributed by atoms with Gasteiger partial charge in [0.05, 0.1) is 0 Å². The van der Waals surface area contributed by atoms with E-state index in [1.807, 2.05) is 6.07 Å². The van der Waals surface area contributed by atoms with E-state index in [0.717, 1.165) is 0 Å². The first kappa shape index (κ1) is 16.0. The molecule has 0 aliphatic carbocycles. The van der Waals surface area contributed by atoms with Crippen LogP contribution >= 0.6 is 0 Å². The fourth-order valence-corrected chi connectivity index (χ4v) is 1.83. The number of rotatable bonds is 5. The van der Waals surface area contributed by atoms with Crippen LogP contribution in [0.1, 0.15) is 17.3 Å². The summed E-state index contributed by atoms with van der Waals surface area (Å²) in [6, 6.07) is 14.8. The standard InChI is InChI=1S/C17H15N3O3/c1-12(21)13-2-4-14(5-3-13)19-17(22)20-15-6-8-16(9-7-15)23-11-10-18/h2-9H,11H2,1H3,(H2,19,20,22). The van der Waals surface area contributed by atoms with Gasteiger partial charge < -0.3 is 15.4 Å². The molecule has 2 aromatic rings. The Balaban J connectivity index is 1.91. The van der Waals surface area contributed by atoms with E-state index in [-0.39, 0.29) is 12.4 Å². The van der Waals surface area contributed by atoms with Gasteiger partial charge in [-0.15, -0.1) is 0 Å². The molecule has 2 amide bonds. The Morgan fingerprint density at radius 1 is 1.00 bits per heavy atom. The van der Waals surface area contributed by atoms with Crippen LogP contribution in [0.3, 0.4) is 0 Å². The van der Waals surface area contributed by atoms with E-state index in [2.05, 4.69) is 10.6 Å². The second-order valence-corrected chi connectivity index (χ2v) is 4.68. The van der Waals surface area contributed by atoms with Crippen LogP contribution in [-0.2, 0) is 0 Å². The molecule has 0 saturated heterocycles. The van der Waals surface area contributed by atoms with Crippen molar-refractivity contribution in [3.63, 3.8) is 0 Å². The fraction of sp³-hybridized carbons (Fsp3) is 0.118. The molecule has 23 heavy (non-hydrogen) atoms. The maximum Gasteiger partial charge on any atom is 0.323 e. The summed E-state index contributed by atoms with van der Waals surface area (Å²) >= 11 is 0.